The summed E-state index contributed by atoms with van der Waals surface area (Å²) in [5.74, 6) is 0. The van der Waals surface area contributed by atoms with Gasteiger partial charge in [-0.15, -0.1) is 11.3 Å². The fraction of sp³-hybridized carbons (Fsp3) is 0.667. The Balaban J connectivity index is 2.50. The largest absolute Gasteiger partial charge is 0.330 e. The van der Waals surface area contributed by atoms with E-state index in [2.05, 4.69) is 31.9 Å². The molecule has 0 saturated carbocycles. The first-order valence-electron chi connectivity index (χ1n) is 5.62. The van der Waals surface area contributed by atoms with E-state index in [1.54, 1.807) is 11.3 Å². The van der Waals surface area contributed by atoms with Crippen molar-refractivity contribution in [1.29, 1.82) is 0 Å². The molecule has 1 unspecified atom stereocenters. The average molecular weight is 261 g/mol. The minimum atomic E-state index is 0.218. The van der Waals surface area contributed by atoms with Crippen LogP contribution in [0.4, 0.5) is 0 Å². The van der Waals surface area contributed by atoms with E-state index >= 15 is 0 Å². The topological polar surface area (TPSA) is 29.3 Å². The molecule has 1 rings (SSSR count). The molecule has 0 bridgehead atoms. The van der Waals surface area contributed by atoms with E-state index in [4.69, 9.17) is 17.3 Å². The summed E-state index contributed by atoms with van der Waals surface area (Å²) in [7, 11) is 2.14. The summed E-state index contributed by atoms with van der Waals surface area (Å²) < 4.78 is 0.862. The number of halogens is 1. The molecule has 0 fully saturated rings. The molecular weight excluding hydrogens is 240 g/mol. The van der Waals surface area contributed by atoms with Gasteiger partial charge in [-0.25, -0.2) is 0 Å². The molecule has 0 saturated heterocycles. The standard InChI is InChI=1S/C12H21ClN2S/c1-4-12(2,8-14)9-15(3)7-10-5-6-11(13)16-10/h5-6H,4,7-9,14H2,1-3H3. The van der Waals surface area contributed by atoms with Crippen LogP contribution in [0, 0.1) is 5.41 Å². The van der Waals surface area contributed by atoms with Gasteiger partial charge in [0.25, 0.3) is 0 Å². The van der Waals surface area contributed by atoms with Gasteiger partial charge < -0.3 is 10.6 Å². The Kier molecular flexibility index (Phi) is 5.25. The van der Waals surface area contributed by atoms with Crippen molar-refractivity contribution in [2.45, 2.75) is 26.8 Å². The molecule has 0 aliphatic rings. The number of hydrogen-bond acceptors (Lipinski definition) is 3. The summed E-state index contributed by atoms with van der Waals surface area (Å²) >= 11 is 7.56. The van der Waals surface area contributed by atoms with E-state index in [-0.39, 0.29) is 5.41 Å². The van der Waals surface area contributed by atoms with Crippen molar-refractivity contribution in [1.82, 2.24) is 4.90 Å². The molecule has 1 aromatic rings. The van der Waals surface area contributed by atoms with Crippen molar-refractivity contribution in [3.63, 3.8) is 0 Å². The van der Waals surface area contributed by atoms with E-state index in [9.17, 15) is 0 Å². The Bertz CT molecular complexity index is 321. The maximum absolute atomic E-state index is 5.91. The van der Waals surface area contributed by atoms with E-state index in [1.807, 2.05) is 6.07 Å². The molecule has 2 nitrogen and oxygen atoms in total. The van der Waals surface area contributed by atoms with E-state index in [0.717, 1.165) is 30.4 Å². The van der Waals surface area contributed by atoms with Gasteiger partial charge in [0.05, 0.1) is 4.34 Å². The summed E-state index contributed by atoms with van der Waals surface area (Å²) in [6, 6.07) is 4.05. The lowest BCUT2D eigenvalue weighted by Crippen LogP contribution is -2.38. The fourth-order valence-electron chi connectivity index (χ4n) is 1.73. The predicted molar refractivity (Wildman–Crippen MR) is 73.1 cm³/mol. The lowest BCUT2D eigenvalue weighted by atomic mass is 9.87. The second-order valence-electron chi connectivity index (χ2n) is 4.75. The van der Waals surface area contributed by atoms with E-state index < -0.39 is 0 Å². The Morgan fingerprint density at radius 1 is 1.50 bits per heavy atom. The van der Waals surface area contributed by atoms with Gasteiger partial charge in [0.2, 0.25) is 0 Å². The van der Waals surface area contributed by atoms with Crippen molar-refractivity contribution in [3.8, 4) is 0 Å². The Labute approximate surface area is 107 Å². The summed E-state index contributed by atoms with van der Waals surface area (Å²) in [5, 5.41) is 0. The predicted octanol–water partition coefficient (Wildman–Crippen LogP) is 3.21. The first-order chi connectivity index (χ1) is 7.49. The molecule has 0 aliphatic carbocycles. The third kappa shape index (κ3) is 4.06. The van der Waals surface area contributed by atoms with E-state index in [1.165, 1.54) is 4.88 Å². The number of thiophene rings is 1. The zero-order chi connectivity index (χ0) is 12.2. The van der Waals surface area contributed by atoms with Crippen LogP contribution in [0.3, 0.4) is 0 Å². The van der Waals surface area contributed by atoms with Gasteiger partial charge in [0.15, 0.2) is 0 Å². The molecule has 0 spiro atoms. The molecule has 0 amide bonds. The zero-order valence-corrected chi connectivity index (χ0v) is 11.9. The van der Waals surface area contributed by atoms with Crippen LogP contribution in [0.15, 0.2) is 12.1 Å². The lowest BCUT2D eigenvalue weighted by molar-refractivity contribution is 0.188. The van der Waals surface area contributed by atoms with Crippen LogP contribution in [-0.2, 0) is 6.54 Å². The molecule has 1 heterocycles. The second-order valence-corrected chi connectivity index (χ2v) is 6.55. The minimum Gasteiger partial charge on any atom is -0.330 e. The first-order valence-corrected chi connectivity index (χ1v) is 6.81. The molecular formula is C12H21ClN2S. The second kappa shape index (κ2) is 6.01. The molecule has 0 radical (unpaired) electrons. The van der Waals surface area contributed by atoms with Gasteiger partial charge in [-0.3, -0.25) is 0 Å². The monoisotopic (exact) mass is 260 g/mol. The van der Waals surface area contributed by atoms with Crippen LogP contribution in [0.2, 0.25) is 4.34 Å². The highest BCUT2D eigenvalue weighted by Gasteiger charge is 2.22. The molecule has 0 aliphatic heterocycles. The highest BCUT2D eigenvalue weighted by Crippen LogP contribution is 2.25. The normalized spacial score (nSPS) is 15.4. The summed E-state index contributed by atoms with van der Waals surface area (Å²) in [6.07, 6.45) is 1.11. The molecule has 0 aromatic carbocycles. The van der Waals surface area contributed by atoms with Crippen LogP contribution in [0.5, 0.6) is 0 Å². The quantitative estimate of drug-likeness (QED) is 0.851. The molecule has 2 N–H and O–H groups in total. The third-order valence-electron chi connectivity index (χ3n) is 3.05. The van der Waals surface area contributed by atoms with Crippen molar-refractivity contribution in [2.24, 2.45) is 11.1 Å². The van der Waals surface area contributed by atoms with Crippen LogP contribution in [0.1, 0.15) is 25.1 Å². The van der Waals surface area contributed by atoms with Crippen LogP contribution in [0.25, 0.3) is 0 Å². The third-order valence-corrected chi connectivity index (χ3v) is 4.27. The van der Waals surface area contributed by atoms with Crippen molar-refractivity contribution >= 4 is 22.9 Å². The van der Waals surface area contributed by atoms with Crippen LogP contribution in [-0.4, -0.2) is 25.0 Å². The van der Waals surface area contributed by atoms with Crippen molar-refractivity contribution in [3.05, 3.63) is 21.3 Å². The van der Waals surface area contributed by atoms with Crippen LogP contribution < -0.4 is 5.73 Å². The Morgan fingerprint density at radius 3 is 2.62 bits per heavy atom. The highest BCUT2D eigenvalue weighted by molar-refractivity contribution is 7.16. The maximum Gasteiger partial charge on any atom is 0.0931 e. The van der Waals surface area contributed by atoms with E-state index in [0.29, 0.717) is 0 Å². The molecule has 4 heteroatoms. The van der Waals surface area contributed by atoms with Crippen molar-refractivity contribution < 1.29 is 0 Å². The molecule has 16 heavy (non-hydrogen) atoms. The Hall–Kier alpha value is -0.0900. The minimum absolute atomic E-state index is 0.218. The van der Waals surface area contributed by atoms with Gasteiger partial charge in [0.1, 0.15) is 0 Å². The summed E-state index contributed by atoms with van der Waals surface area (Å²) in [6.45, 7) is 7.15. The first kappa shape index (κ1) is 14.0. The molecule has 1 atom stereocenters. The summed E-state index contributed by atoms with van der Waals surface area (Å²) in [5.41, 5.74) is 6.04. The number of rotatable bonds is 6. The SMILES string of the molecule is CCC(C)(CN)CN(C)Cc1ccc(Cl)s1. The number of nitrogens with two attached hydrogens (primary N) is 1. The maximum atomic E-state index is 5.91. The average Bonchev–Trinajstić information content (AvgIpc) is 2.63. The fourth-order valence-corrected chi connectivity index (χ4v) is 2.90. The number of hydrogen-bond donors (Lipinski definition) is 1. The molecule has 92 valence electrons. The molecule has 1 aromatic heterocycles. The lowest BCUT2D eigenvalue weighted by Gasteiger charge is -2.31. The highest BCUT2D eigenvalue weighted by atomic mass is 35.5. The summed E-state index contributed by atoms with van der Waals surface area (Å²) in [4.78, 5) is 3.63. The zero-order valence-electron chi connectivity index (χ0n) is 10.3. The smallest absolute Gasteiger partial charge is 0.0931 e. The van der Waals surface area contributed by atoms with Crippen LogP contribution >= 0.6 is 22.9 Å². The number of nitrogens with zero attached hydrogens (tertiary/aromatic N) is 1. The van der Waals surface area contributed by atoms with Gasteiger partial charge in [0, 0.05) is 18.0 Å². The Morgan fingerprint density at radius 2 is 2.19 bits per heavy atom. The van der Waals surface area contributed by atoms with Gasteiger partial charge in [-0.05, 0) is 37.6 Å². The van der Waals surface area contributed by atoms with Gasteiger partial charge in [-0.1, -0.05) is 25.4 Å². The van der Waals surface area contributed by atoms with Crippen molar-refractivity contribution in [2.75, 3.05) is 20.1 Å². The van der Waals surface area contributed by atoms with Gasteiger partial charge >= 0.3 is 0 Å². The van der Waals surface area contributed by atoms with Gasteiger partial charge in [-0.2, -0.15) is 0 Å².